The number of benzene rings is 2. The first kappa shape index (κ1) is 16.0. The third kappa shape index (κ3) is 3.35. The molecule has 1 saturated heterocycles. The summed E-state index contributed by atoms with van der Waals surface area (Å²) in [5.74, 6) is 0.851. The lowest BCUT2D eigenvalue weighted by atomic mass is 10.0. The van der Waals surface area contributed by atoms with Gasteiger partial charge in [0.1, 0.15) is 11.9 Å². The zero-order chi connectivity index (χ0) is 17.2. The molecule has 0 atom stereocenters. The fraction of sp³-hybridized carbons (Fsp3) is 0.250. The van der Waals surface area contributed by atoms with Crippen LogP contribution in [-0.4, -0.2) is 24.2 Å². The van der Waals surface area contributed by atoms with E-state index in [9.17, 15) is 4.79 Å². The van der Waals surface area contributed by atoms with Crippen LogP contribution in [0.15, 0.2) is 59.5 Å². The Kier molecular flexibility index (Phi) is 4.36. The van der Waals surface area contributed by atoms with Crippen molar-refractivity contribution < 1.29 is 4.74 Å². The van der Waals surface area contributed by atoms with E-state index in [1.165, 1.54) is 0 Å². The summed E-state index contributed by atoms with van der Waals surface area (Å²) < 4.78 is 6.05. The van der Waals surface area contributed by atoms with Crippen molar-refractivity contribution in [2.45, 2.75) is 18.9 Å². The molecule has 128 valence electrons. The summed E-state index contributed by atoms with van der Waals surface area (Å²) in [4.78, 5) is 17.7. The maximum atomic E-state index is 12.3. The maximum absolute atomic E-state index is 12.3. The molecule has 0 saturated carbocycles. The molecular weight excluding hydrogens is 336 g/mol. The number of rotatable bonds is 3. The maximum Gasteiger partial charge on any atom is 0.191 e. The quantitative estimate of drug-likeness (QED) is 0.765. The highest BCUT2D eigenvalue weighted by Crippen LogP contribution is 2.27. The van der Waals surface area contributed by atoms with Gasteiger partial charge < -0.3 is 14.6 Å². The van der Waals surface area contributed by atoms with Gasteiger partial charge in [-0.3, -0.25) is 4.79 Å². The number of H-pyrrole nitrogens is 1. The number of halogens is 1. The zero-order valence-corrected chi connectivity index (χ0v) is 14.5. The van der Waals surface area contributed by atoms with Gasteiger partial charge in [0, 0.05) is 43.2 Å². The molecule has 0 radical (unpaired) electrons. The van der Waals surface area contributed by atoms with E-state index in [-0.39, 0.29) is 11.5 Å². The van der Waals surface area contributed by atoms with E-state index in [2.05, 4.69) is 9.88 Å². The molecule has 2 aromatic carbocycles. The zero-order valence-electron chi connectivity index (χ0n) is 13.7. The molecule has 1 N–H and O–H groups in total. The minimum absolute atomic E-state index is 0.0592. The van der Waals surface area contributed by atoms with E-state index in [4.69, 9.17) is 16.3 Å². The van der Waals surface area contributed by atoms with Crippen LogP contribution in [0.5, 0.6) is 5.75 Å². The number of ether oxygens (including phenoxy) is 1. The summed E-state index contributed by atoms with van der Waals surface area (Å²) in [6.45, 7) is 1.73. The number of pyridine rings is 1. The van der Waals surface area contributed by atoms with Gasteiger partial charge in [-0.05, 0) is 36.4 Å². The number of nitrogens with one attached hydrogen (secondary N) is 1. The number of aromatic amines is 1. The first-order valence-electron chi connectivity index (χ1n) is 8.48. The lowest BCUT2D eigenvalue weighted by Gasteiger charge is -2.34. The average molecular weight is 355 g/mol. The van der Waals surface area contributed by atoms with Crippen LogP contribution >= 0.6 is 11.6 Å². The normalized spacial score (nSPS) is 15.5. The molecule has 2 heterocycles. The third-order valence-electron chi connectivity index (χ3n) is 4.66. The Morgan fingerprint density at radius 3 is 2.56 bits per heavy atom. The smallest absolute Gasteiger partial charge is 0.191 e. The Morgan fingerprint density at radius 2 is 1.80 bits per heavy atom. The molecule has 1 fully saturated rings. The monoisotopic (exact) mass is 354 g/mol. The number of aromatic nitrogens is 1. The Morgan fingerprint density at radius 1 is 1.04 bits per heavy atom. The first-order chi connectivity index (χ1) is 12.2. The molecule has 5 heteroatoms. The van der Waals surface area contributed by atoms with Crippen LogP contribution in [-0.2, 0) is 0 Å². The number of hydrogen-bond donors (Lipinski definition) is 1. The predicted octanol–water partition coefficient (Wildman–Crippen LogP) is 4.23. The number of piperidine rings is 1. The molecular formula is C20H19ClN2O2. The van der Waals surface area contributed by atoms with Crippen molar-refractivity contribution in [3.63, 3.8) is 0 Å². The standard InChI is InChI=1S/C20H19ClN2O2/c21-14-4-6-15(7-5-14)25-16-9-12-23(13-10-16)18-3-1-2-17-20(18)19(24)8-11-22-17/h1-8,11,16H,9-10,12-13H2,(H,22,24). The summed E-state index contributed by atoms with van der Waals surface area (Å²) in [6, 6.07) is 15.0. The molecule has 0 bridgehead atoms. The van der Waals surface area contributed by atoms with Gasteiger partial charge in [0.25, 0.3) is 0 Å². The van der Waals surface area contributed by atoms with Gasteiger partial charge in [-0.1, -0.05) is 17.7 Å². The Hall–Kier alpha value is -2.46. The highest BCUT2D eigenvalue weighted by molar-refractivity contribution is 6.30. The molecule has 0 unspecified atom stereocenters. The van der Waals surface area contributed by atoms with Gasteiger partial charge in [0.2, 0.25) is 0 Å². The lowest BCUT2D eigenvalue weighted by Crippen LogP contribution is -2.38. The van der Waals surface area contributed by atoms with Crippen molar-refractivity contribution in [2.24, 2.45) is 0 Å². The van der Waals surface area contributed by atoms with E-state index in [1.807, 2.05) is 42.5 Å². The van der Waals surface area contributed by atoms with Gasteiger partial charge in [0.05, 0.1) is 16.6 Å². The molecule has 25 heavy (non-hydrogen) atoms. The third-order valence-corrected chi connectivity index (χ3v) is 4.91. The minimum atomic E-state index is 0.0592. The van der Waals surface area contributed by atoms with Crippen LogP contribution in [0.2, 0.25) is 5.02 Å². The molecule has 1 aromatic heterocycles. The summed E-state index contributed by atoms with van der Waals surface area (Å²) in [6.07, 6.45) is 3.72. The Balaban J connectivity index is 1.49. The van der Waals surface area contributed by atoms with Gasteiger partial charge in [-0.15, -0.1) is 0 Å². The number of fused-ring (bicyclic) bond motifs is 1. The predicted molar refractivity (Wildman–Crippen MR) is 102 cm³/mol. The van der Waals surface area contributed by atoms with Crippen LogP contribution in [0.4, 0.5) is 5.69 Å². The number of hydrogen-bond acceptors (Lipinski definition) is 3. The van der Waals surface area contributed by atoms with Crippen LogP contribution in [0, 0.1) is 0 Å². The Labute approximate surface area is 151 Å². The Bertz CT molecular complexity index is 923. The highest BCUT2D eigenvalue weighted by Gasteiger charge is 2.22. The molecule has 1 aliphatic heterocycles. The van der Waals surface area contributed by atoms with Gasteiger partial charge in [-0.25, -0.2) is 0 Å². The van der Waals surface area contributed by atoms with Gasteiger partial charge in [0.15, 0.2) is 5.43 Å². The van der Waals surface area contributed by atoms with E-state index >= 15 is 0 Å². The lowest BCUT2D eigenvalue weighted by molar-refractivity contribution is 0.171. The van der Waals surface area contributed by atoms with Crippen molar-refractivity contribution in [1.82, 2.24) is 4.98 Å². The second kappa shape index (κ2) is 6.81. The molecule has 1 aliphatic rings. The van der Waals surface area contributed by atoms with E-state index in [0.717, 1.165) is 48.3 Å². The van der Waals surface area contributed by atoms with Gasteiger partial charge in [-0.2, -0.15) is 0 Å². The van der Waals surface area contributed by atoms with Crippen LogP contribution in [0.1, 0.15) is 12.8 Å². The molecule has 3 aromatic rings. The fourth-order valence-electron chi connectivity index (χ4n) is 3.39. The van der Waals surface area contributed by atoms with Crippen molar-refractivity contribution in [3.8, 4) is 5.75 Å². The summed E-state index contributed by atoms with van der Waals surface area (Å²) in [5, 5.41) is 1.48. The van der Waals surface area contributed by atoms with Crippen LogP contribution in [0.3, 0.4) is 0 Å². The van der Waals surface area contributed by atoms with Crippen molar-refractivity contribution >= 4 is 28.2 Å². The largest absolute Gasteiger partial charge is 0.490 e. The van der Waals surface area contributed by atoms with Crippen LogP contribution in [0.25, 0.3) is 10.9 Å². The highest BCUT2D eigenvalue weighted by atomic mass is 35.5. The first-order valence-corrected chi connectivity index (χ1v) is 8.86. The second-order valence-corrected chi connectivity index (χ2v) is 6.74. The summed E-state index contributed by atoms with van der Waals surface area (Å²) in [5.41, 5.74) is 1.94. The minimum Gasteiger partial charge on any atom is -0.490 e. The number of nitrogens with zero attached hydrogens (tertiary/aromatic N) is 1. The van der Waals surface area contributed by atoms with Crippen molar-refractivity contribution in [3.05, 3.63) is 70.0 Å². The molecule has 0 amide bonds. The second-order valence-electron chi connectivity index (χ2n) is 6.30. The van der Waals surface area contributed by atoms with Crippen molar-refractivity contribution in [1.29, 1.82) is 0 Å². The van der Waals surface area contributed by atoms with Crippen molar-refractivity contribution in [2.75, 3.05) is 18.0 Å². The average Bonchev–Trinajstić information content (AvgIpc) is 2.64. The molecule has 0 aliphatic carbocycles. The summed E-state index contributed by atoms with van der Waals surface area (Å²) in [7, 11) is 0. The summed E-state index contributed by atoms with van der Waals surface area (Å²) >= 11 is 5.91. The van der Waals surface area contributed by atoms with E-state index in [1.54, 1.807) is 12.3 Å². The molecule has 0 spiro atoms. The molecule has 4 nitrogen and oxygen atoms in total. The topological polar surface area (TPSA) is 45.3 Å². The van der Waals surface area contributed by atoms with Gasteiger partial charge >= 0.3 is 0 Å². The van der Waals surface area contributed by atoms with E-state index in [0.29, 0.717) is 5.02 Å². The number of anilines is 1. The van der Waals surface area contributed by atoms with E-state index < -0.39 is 0 Å². The SMILES string of the molecule is O=c1cc[nH]c2cccc(N3CCC(Oc4ccc(Cl)cc4)CC3)c12. The molecule has 4 rings (SSSR count). The fourth-order valence-corrected chi connectivity index (χ4v) is 3.52. The van der Waals surface area contributed by atoms with Crippen LogP contribution < -0.4 is 15.1 Å².